The van der Waals surface area contributed by atoms with Crippen molar-refractivity contribution in [1.29, 1.82) is 0 Å². The lowest BCUT2D eigenvalue weighted by Crippen LogP contribution is -2.27. The van der Waals surface area contributed by atoms with Crippen LogP contribution in [0.1, 0.15) is 25.3 Å². The summed E-state index contributed by atoms with van der Waals surface area (Å²) in [5.41, 5.74) is 2.65. The number of anilines is 1. The van der Waals surface area contributed by atoms with Crippen LogP contribution in [0, 0.1) is 0 Å². The summed E-state index contributed by atoms with van der Waals surface area (Å²) in [6.45, 7) is 3.98. The topological polar surface area (TPSA) is 21.3 Å². The zero-order chi connectivity index (χ0) is 10.5. The van der Waals surface area contributed by atoms with E-state index in [1.807, 2.05) is 0 Å². The van der Waals surface area contributed by atoms with Gasteiger partial charge in [-0.1, -0.05) is 19.1 Å². The van der Waals surface area contributed by atoms with E-state index in [0.717, 1.165) is 32.5 Å². The van der Waals surface area contributed by atoms with Gasteiger partial charge in [0.05, 0.1) is 0 Å². The Kier molecular flexibility index (Phi) is 3.62. The maximum atomic E-state index is 5.34. The second-order valence-corrected chi connectivity index (χ2v) is 4.08. The fourth-order valence-electron chi connectivity index (χ4n) is 1.96. The van der Waals surface area contributed by atoms with Crippen LogP contribution in [0.15, 0.2) is 24.3 Å². The smallest absolute Gasteiger partial charge is 0.0485 e. The van der Waals surface area contributed by atoms with Gasteiger partial charge in [-0.2, -0.15) is 0 Å². The van der Waals surface area contributed by atoms with Crippen molar-refractivity contribution in [2.24, 2.45) is 0 Å². The third-order valence-electron chi connectivity index (χ3n) is 2.93. The molecule has 1 fully saturated rings. The van der Waals surface area contributed by atoms with Gasteiger partial charge in [-0.3, -0.25) is 0 Å². The third kappa shape index (κ3) is 2.96. The van der Waals surface area contributed by atoms with Crippen molar-refractivity contribution in [3.8, 4) is 0 Å². The second-order valence-electron chi connectivity index (χ2n) is 4.08. The van der Waals surface area contributed by atoms with Crippen molar-refractivity contribution in [1.82, 2.24) is 0 Å². The van der Waals surface area contributed by atoms with E-state index in [1.54, 1.807) is 0 Å². The van der Waals surface area contributed by atoms with Gasteiger partial charge in [0.1, 0.15) is 0 Å². The molecule has 0 bridgehead atoms. The second kappa shape index (κ2) is 5.17. The number of nitrogens with one attached hydrogen (secondary N) is 1. The first-order valence-electron chi connectivity index (χ1n) is 5.81. The SMILES string of the molecule is CCc1cccc(NC2CCOCC2)c1. The zero-order valence-electron chi connectivity index (χ0n) is 9.33. The monoisotopic (exact) mass is 205 g/mol. The lowest BCUT2D eigenvalue weighted by molar-refractivity contribution is 0.0904. The first-order chi connectivity index (χ1) is 7.38. The fraction of sp³-hybridized carbons (Fsp3) is 0.538. The predicted octanol–water partition coefficient (Wildman–Crippen LogP) is 2.84. The number of hydrogen-bond acceptors (Lipinski definition) is 2. The molecule has 1 heterocycles. The molecule has 2 heteroatoms. The Labute approximate surface area is 91.6 Å². The lowest BCUT2D eigenvalue weighted by Gasteiger charge is -2.24. The Hall–Kier alpha value is -1.02. The minimum atomic E-state index is 0.589. The molecule has 0 aliphatic carbocycles. The Morgan fingerprint density at radius 2 is 2.13 bits per heavy atom. The van der Waals surface area contributed by atoms with Gasteiger partial charge < -0.3 is 10.1 Å². The average molecular weight is 205 g/mol. The highest BCUT2D eigenvalue weighted by molar-refractivity contribution is 5.46. The minimum Gasteiger partial charge on any atom is -0.382 e. The molecule has 0 atom stereocenters. The molecular weight excluding hydrogens is 186 g/mol. The molecule has 1 aromatic carbocycles. The Bertz CT molecular complexity index is 305. The number of rotatable bonds is 3. The maximum absolute atomic E-state index is 5.34. The van der Waals surface area contributed by atoms with Crippen molar-refractivity contribution in [3.63, 3.8) is 0 Å². The first-order valence-corrected chi connectivity index (χ1v) is 5.81. The minimum absolute atomic E-state index is 0.589. The average Bonchev–Trinajstić information content (AvgIpc) is 2.31. The molecule has 1 N–H and O–H groups in total. The van der Waals surface area contributed by atoms with E-state index in [2.05, 4.69) is 36.5 Å². The Balaban J connectivity index is 1.96. The summed E-state index contributed by atoms with van der Waals surface area (Å²) in [6, 6.07) is 9.28. The van der Waals surface area contributed by atoms with E-state index >= 15 is 0 Å². The van der Waals surface area contributed by atoms with Crippen LogP contribution in [-0.4, -0.2) is 19.3 Å². The van der Waals surface area contributed by atoms with Crippen LogP contribution in [0.4, 0.5) is 5.69 Å². The number of aryl methyl sites for hydroxylation is 1. The Morgan fingerprint density at radius 3 is 2.87 bits per heavy atom. The zero-order valence-corrected chi connectivity index (χ0v) is 9.33. The van der Waals surface area contributed by atoms with Gasteiger partial charge in [0.15, 0.2) is 0 Å². The van der Waals surface area contributed by atoms with Crippen molar-refractivity contribution >= 4 is 5.69 Å². The molecule has 0 radical (unpaired) electrons. The predicted molar refractivity (Wildman–Crippen MR) is 63.3 cm³/mol. The summed E-state index contributed by atoms with van der Waals surface area (Å²) in [5.74, 6) is 0. The fourth-order valence-corrected chi connectivity index (χ4v) is 1.96. The highest BCUT2D eigenvalue weighted by Crippen LogP contribution is 2.16. The molecule has 1 aliphatic rings. The van der Waals surface area contributed by atoms with Gasteiger partial charge in [-0.25, -0.2) is 0 Å². The highest BCUT2D eigenvalue weighted by Gasteiger charge is 2.12. The molecule has 82 valence electrons. The standard InChI is InChI=1S/C13H19NO/c1-2-11-4-3-5-13(10-11)14-12-6-8-15-9-7-12/h3-5,10,12,14H,2,6-9H2,1H3. The molecule has 0 spiro atoms. The quantitative estimate of drug-likeness (QED) is 0.819. The van der Waals surface area contributed by atoms with E-state index in [9.17, 15) is 0 Å². The Morgan fingerprint density at radius 1 is 1.33 bits per heavy atom. The summed E-state index contributed by atoms with van der Waals surface area (Å²) in [5, 5.41) is 3.58. The largest absolute Gasteiger partial charge is 0.382 e. The van der Waals surface area contributed by atoms with Crippen LogP contribution in [0.3, 0.4) is 0 Å². The van der Waals surface area contributed by atoms with Crippen LogP contribution >= 0.6 is 0 Å². The van der Waals surface area contributed by atoms with Crippen LogP contribution in [-0.2, 0) is 11.2 Å². The van der Waals surface area contributed by atoms with E-state index in [0.29, 0.717) is 6.04 Å². The highest BCUT2D eigenvalue weighted by atomic mass is 16.5. The van der Waals surface area contributed by atoms with Gasteiger partial charge in [-0.05, 0) is 37.0 Å². The number of benzene rings is 1. The molecule has 2 rings (SSSR count). The summed E-state index contributed by atoms with van der Waals surface area (Å²) in [7, 11) is 0. The molecule has 0 saturated carbocycles. The van der Waals surface area contributed by atoms with Crippen molar-refractivity contribution in [2.75, 3.05) is 18.5 Å². The summed E-state index contributed by atoms with van der Waals surface area (Å²) in [6.07, 6.45) is 3.34. The summed E-state index contributed by atoms with van der Waals surface area (Å²) < 4.78 is 5.34. The van der Waals surface area contributed by atoms with Crippen molar-refractivity contribution in [3.05, 3.63) is 29.8 Å². The van der Waals surface area contributed by atoms with Crippen LogP contribution in [0.2, 0.25) is 0 Å². The van der Waals surface area contributed by atoms with Gasteiger partial charge >= 0.3 is 0 Å². The van der Waals surface area contributed by atoms with E-state index in [4.69, 9.17) is 4.74 Å². The van der Waals surface area contributed by atoms with Crippen molar-refractivity contribution < 1.29 is 4.74 Å². The molecule has 0 amide bonds. The van der Waals surface area contributed by atoms with Crippen LogP contribution in [0.5, 0.6) is 0 Å². The molecule has 1 saturated heterocycles. The number of ether oxygens (including phenoxy) is 1. The maximum Gasteiger partial charge on any atom is 0.0485 e. The van der Waals surface area contributed by atoms with Gasteiger partial charge in [-0.15, -0.1) is 0 Å². The normalized spacial score (nSPS) is 17.7. The van der Waals surface area contributed by atoms with Gasteiger partial charge in [0.2, 0.25) is 0 Å². The molecule has 2 nitrogen and oxygen atoms in total. The van der Waals surface area contributed by atoms with Gasteiger partial charge in [0.25, 0.3) is 0 Å². The van der Waals surface area contributed by atoms with E-state index < -0.39 is 0 Å². The molecule has 1 aromatic rings. The summed E-state index contributed by atoms with van der Waals surface area (Å²) in [4.78, 5) is 0. The van der Waals surface area contributed by atoms with E-state index in [1.165, 1.54) is 11.3 Å². The first kappa shape index (κ1) is 10.5. The molecule has 1 aliphatic heterocycles. The van der Waals surface area contributed by atoms with Crippen LogP contribution in [0.25, 0.3) is 0 Å². The molecule has 15 heavy (non-hydrogen) atoms. The van der Waals surface area contributed by atoms with Crippen LogP contribution < -0.4 is 5.32 Å². The van der Waals surface area contributed by atoms with Crippen molar-refractivity contribution in [2.45, 2.75) is 32.2 Å². The van der Waals surface area contributed by atoms with Gasteiger partial charge in [0, 0.05) is 24.9 Å². The van der Waals surface area contributed by atoms with E-state index in [-0.39, 0.29) is 0 Å². The molecular formula is C13H19NO. The number of hydrogen-bond donors (Lipinski definition) is 1. The lowest BCUT2D eigenvalue weighted by atomic mass is 10.1. The molecule has 0 unspecified atom stereocenters. The molecule has 0 aromatic heterocycles. The summed E-state index contributed by atoms with van der Waals surface area (Å²) >= 11 is 0. The third-order valence-corrected chi connectivity index (χ3v) is 2.93.